The quantitative estimate of drug-likeness (QED) is 0.774. The van der Waals surface area contributed by atoms with Crippen LogP contribution in [-0.4, -0.2) is 46.3 Å². The largest absolute Gasteiger partial charge is 0.376 e. The van der Waals surface area contributed by atoms with Crippen LogP contribution in [0, 0.1) is 0 Å². The number of thioether (sulfide) groups is 1. The van der Waals surface area contributed by atoms with Crippen LogP contribution in [0.25, 0.3) is 0 Å². The Hall–Kier alpha value is -0.750. The van der Waals surface area contributed by atoms with Crippen molar-refractivity contribution in [3.05, 3.63) is 0 Å². The second-order valence-corrected chi connectivity index (χ2v) is 6.39. The first-order valence-corrected chi connectivity index (χ1v) is 8.29. The number of hydrogen-bond donors (Lipinski definition) is 0. The molecular formula is C13H22N4OS. The summed E-state index contributed by atoms with van der Waals surface area (Å²) in [5, 5.41) is 9.83. The van der Waals surface area contributed by atoms with Crippen LogP contribution in [-0.2, 0) is 11.3 Å². The molecule has 2 aliphatic heterocycles. The van der Waals surface area contributed by atoms with Crippen molar-refractivity contribution in [3.8, 4) is 0 Å². The molecule has 19 heavy (non-hydrogen) atoms. The highest BCUT2D eigenvalue weighted by Crippen LogP contribution is 2.26. The molecule has 0 bridgehead atoms. The number of rotatable bonds is 5. The van der Waals surface area contributed by atoms with E-state index in [1.807, 2.05) is 0 Å². The summed E-state index contributed by atoms with van der Waals surface area (Å²) in [4.78, 5) is 2.36. The zero-order valence-electron chi connectivity index (χ0n) is 11.5. The molecule has 1 aromatic rings. The predicted molar refractivity (Wildman–Crippen MR) is 76.8 cm³/mol. The molecule has 0 N–H and O–H groups in total. The summed E-state index contributed by atoms with van der Waals surface area (Å²) in [6.45, 7) is 6.19. The molecule has 2 aliphatic rings. The van der Waals surface area contributed by atoms with Crippen LogP contribution in [0.3, 0.4) is 0 Å². The number of hydrogen-bond acceptors (Lipinski definition) is 5. The predicted octanol–water partition coefficient (Wildman–Crippen LogP) is 2.17. The highest BCUT2D eigenvalue weighted by Gasteiger charge is 2.24. The van der Waals surface area contributed by atoms with Crippen molar-refractivity contribution in [1.29, 1.82) is 0 Å². The van der Waals surface area contributed by atoms with Crippen molar-refractivity contribution < 1.29 is 4.74 Å². The van der Waals surface area contributed by atoms with Crippen LogP contribution < -0.4 is 4.90 Å². The normalized spacial score (nSPS) is 23.4. The van der Waals surface area contributed by atoms with Crippen molar-refractivity contribution in [2.45, 2.75) is 50.4 Å². The number of anilines is 1. The van der Waals surface area contributed by atoms with Gasteiger partial charge >= 0.3 is 0 Å². The van der Waals surface area contributed by atoms with Crippen LogP contribution in [0.15, 0.2) is 5.16 Å². The van der Waals surface area contributed by atoms with Gasteiger partial charge in [0.2, 0.25) is 5.95 Å². The maximum absolute atomic E-state index is 5.77. The van der Waals surface area contributed by atoms with E-state index in [2.05, 4.69) is 26.6 Å². The van der Waals surface area contributed by atoms with Crippen LogP contribution in [0.5, 0.6) is 0 Å². The molecule has 3 rings (SSSR count). The minimum atomic E-state index is 0.341. The fourth-order valence-corrected chi connectivity index (χ4v) is 3.49. The minimum absolute atomic E-state index is 0.341. The zero-order chi connectivity index (χ0) is 13.1. The lowest BCUT2D eigenvalue weighted by Gasteiger charge is -2.20. The van der Waals surface area contributed by atoms with Crippen LogP contribution in [0.1, 0.15) is 32.6 Å². The lowest BCUT2D eigenvalue weighted by atomic mass is 10.2. The lowest BCUT2D eigenvalue weighted by Crippen LogP contribution is -2.25. The maximum atomic E-state index is 5.77. The van der Waals surface area contributed by atoms with Gasteiger partial charge in [0, 0.05) is 19.7 Å². The molecule has 1 aromatic heterocycles. The van der Waals surface area contributed by atoms with Gasteiger partial charge in [0.05, 0.1) is 12.6 Å². The Balaban J connectivity index is 1.81. The highest BCUT2D eigenvalue weighted by atomic mass is 32.2. The molecule has 0 radical (unpaired) electrons. The molecule has 3 heterocycles. The molecule has 1 unspecified atom stereocenters. The third kappa shape index (κ3) is 2.89. The molecule has 5 nitrogen and oxygen atoms in total. The highest BCUT2D eigenvalue weighted by molar-refractivity contribution is 7.99. The molecule has 0 aliphatic carbocycles. The molecule has 106 valence electrons. The van der Waals surface area contributed by atoms with Gasteiger partial charge in [-0.2, -0.15) is 0 Å². The molecule has 6 heteroatoms. The van der Waals surface area contributed by atoms with Crippen molar-refractivity contribution in [1.82, 2.24) is 14.8 Å². The average molecular weight is 282 g/mol. The summed E-state index contributed by atoms with van der Waals surface area (Å²) in [5.74, 6) is 2.08. The van der Waals surface area contributed by atoms with Crippen LogP contribution in [0.4, 0.5) is 5.95 Å². The number of ether oxygens (including phenoxy) is 1. The Labute approximate surface area is 118 Å². The van der Waals surface area contributed by atoms with E-state index in [0.29, 0.717) is 6.10 Å². The van der Waals surface area contributed by atoms with E-state index < -0.39 is 0 Å². The molecule has 0 spiro atoms. The van der Waals surface area contributed by atoms with Crippen molar-refractivity contribution in [3.63, 3.8) is 0 Å². The third-order valence-electron chi connectivity index (χ3n) is 3.77. The molecule has 1 atom stereocenters. The molecule has 0 aromatic carbocycles. The maximum Gasteiger partial charge on any atom is 0.228 e. The molecule has 0 saturated carbocycles. The number of nitrogens with zero attached hydrogens (tertiary/aromatic N) is 4. The van der Waals surface area contributed by atoms with Crippen LogP contribution in [0.2, 0.25) is 0 Å². The Morgan fingerprint density at radius 1 is 1.26 bits per heavy atom. The van der Waals surface area contributed by atoms with E-state index in [1.54, 1.807) is 11.8 Å². The molecule has 2 fully saturated rings. The molecule has 0 amide bonds. The van der Waals surface area contributed by atoms with Gasteiger partial charge < -0.3 is 9.64 Å². The van der Waals surface area contributed by atoms with Gasteiger partial charge in [-0.25, -0.2) is 0 Å². The summed E-state index contributed by atoms with van der Waals surface area (Å²) in [7, 11) is 0. The lowest BCUT2D eigenvalue weighted by molar-refractivity contribution is 0.0952. The second-order valence-electron chi connectivity index (χ2n) is 5.16. The smallest absolute Gasteiger partial charge is 0.228 e. The fourth-order valence-electron chi connectivity index (χ4n) is 2.82. The third-order valence-corrected chi connectivity index (χ3v) is 4.62. The first kappa shape index (κ1) is 13.2. The van der Waals surface area contributed by atoms with Gasteiger partial charge in [-0.1, -0.05) is 18.7 Å². The van der Waals surface area contributed by atoms with Crippen molar-refractivity contribution in [2.24, 2.45) is 0 Å². The summed E-state index contributed by atoms with van der Waals surface area (Å²) in [5.41, 5.74) is 0. The summed E-state index contributed by atoms with van der Waals surface area (Å²) < 4.78 is 8.05. The van der Waals surface area contributed by atoms with E-state index >= 15 is 0 Å². The topological polar surface area (TPSA) is 43.2 Å². The number of aromatic nitrogens is 3. The van der Waals surface area contributed by atoms with E-state index in [0.717, 1.165) is 49.5 Å². The second kappa shape index (κ2) is 6.13. The summed E-state index contributed by atoms with van der Waals surface area (Å²) in [6.07, 6.45) is 5.22. The minimum Gasteiger partial charge on any atom is -0.376 e. The summed E-state index contributed by atoms with van der Waals surface area (Å²) >= 11 is 1.77. The SMILES string of the molecule is CCSc1nnc(N2CCCC2)n1CC1CCCO1. The van der Waals surface area contributed by atoms with Gasteiger partial charge in [-0.15, -0.1) is 10.2 Å². The Kier molecular flexibility index (Phi) is 4.28. The van der Waals surface area contributed by atoms with Gasteiger partial charge in [-0.05, 0) is 31.4 Å². The zero-order valence-corrected chi connectivity index (χ0v) is 12.4. The van der Waals surface area contributed by atoms with E-state index in [-0.39, 0.29) is 0 Å². The Morgan fingerprint density at radius 2 is 2.11 bits per heavy atom. The Bertz CT molecular complexity index is 411. The van der Waals surface area contributed by atoms with Gasteiger partial charge in [-0.3, -0.25) is 4.57 Å². The van der Waals surface area contributed by atoms with Gasteiger partial charge in [0.25, 0.3) is 0 Å². The molecular weight excluding hydrogens is 260 g/mol. The van der Waals surface area contributed by atoms with E-state index in [9.17, 15) is 0 Å². The fraction of sp³-hybridized carbons (Fsp3) is 0.846. The van der Waals surface area contributed by atoms with E-state index in [1.165, 1.54) is 19.3 Å². The standard InChI is InChI=1S/C13H22N4OS/c1-2-19-13-15-14-12(16-7-3-4-8-16)17(13)10-11-6-5-9-18-11/h11H,2-10H2,1H3. The monoisotopic (exact) mass is 282 g/mol. The molecule has 2 saturated heterocycles. The van der Waals surface area contributed by atoms with Gasteiger partial charge in [0.1, 0.15) is 0 Å². The van der Waals surface area contributed by atoms with Crippen LogP contribution >= 0.6 is 11.8 Å². The van der Waals surface area contributed by atoms with Crippen molar-refractivity contribution in [2.75, 3.05) is 30.3 Å². The first-order chi connectivity index (χ1) is 9.38. The van der Waals surface area contributed by atoms with Gasteiger partial charge in [0.15, 0.2) is 5.16 Å². The van der Waals surface area contributed by atoms with E-state index in [4.69, 9.17) is 4.74 Å². The summed E-state index contributed by atoms with van der Waals surface area (Å²) in [6, 6.07) is 0. The first-order valence-electron chi connectivity index (χ1n) is 7.31. The Morgan fingerprint density at radius 3 is 2.79 bits per heavy atom. The van der Waals surface area contributed by atoms with Crippen molar-refractivity contribution >= 4 is 17.7 Å². The average Bonchev–Trinajstić information content (AvgIpc) is 3.12.